The van der Waals surface area contributed by atoms with Crippen LogP contribution in [0.15, 0.2) is 16.2 Å². The Labute approximate surface area is 121 Å². The van der Waals surface area contributed by atoms with Gasteiger partial charge in [-0.3, -0.25) is 9.69 Å². The van der Waals surface area contributed by atoms with Gasteiger partial charge in [-0.25, -0.2) is 4.98 Å². The smallest absolute Gasteiger partial charge is 0.268 e. The molecule has 1 aliphatic rings. The second kappa shape index (κ2) is 6.03. The molecule has 3 N–H and O–H groups in total. The van der Waals surface area contributed by atoms with Gasteiger partial charge < -0.3 is 10.7 Å². The Morgan fingerprint density at radius 1 is 1.45 bits per heavy atom. The monoisotopic (exact) mass is 292 g/mol. The maximum atomic E-state index is 11.9. The summed E-state index contributed by atoms with van der Waals surface area (Å²) in [5, 5.41) is 1.91. The van der Waals surface area contributed by atoms with Crippen LogP contribution in [0.5, 0.6) is 0 Å². The number of fused-ring (bicyclic) bond motifs is 1. The summed E-state index contributed by atoms with van der Waals surface area (Å²) in [7, 11) is 0. The van der Waals surface area contributed by atoms with Crippen LogP contribution < -0.4 is 11.3 Å². The third-order valence-corrected chi connectivity index (χ3v) is 4.92. The highest BCUT2D eigenvalue weighted by Crippen LogP contribution is 2.21. The van der Waals surface area contributed by atoms with E-state index < -0.39 is 0 Å². The summed E-state index contributed by atoms with van der Waals surface area (Å²) in [6.07, 6.45) is 3.52. The molecular formula is C14H20N4OS. The van der Waals surface area contributed by atoms with Gasteiger partial charge in [-0.05, 0) is 56.3 Å². The number of likely N-dealkylation sites (tertiary alicyclic amines) is 1. The molecule has 2 aromatic rings. The van der Waals surface area contributed by atoms with Gasteiger partial charge in [-0.2, -0.15) is 0 Å². The van der Waals surface area contributed by atoms with Gasteiger partial charge in [-0.15, -0.1) is 11.3 Å². The number of nitrogens with two attached hydrogens (primary N) is 1. The molecule has 0 aliphatic carbocycles. The first-order valence-corrected chi connectivity index (χ1v) is 8.03. The van der Waals surface area contributed by atoms with Crippen LogP contribution in [0.3, 0.4) is 0 Å². The van der Waals surface area contributed by atoms with Crippen molar-refractivity contribution in [1.29, 1.82) is 0 Å². The van der Waals surface area contributed by atoms with Crippen molar-refractivity contribution in [2.24, 2.45) is 11.7 Å². The molecule has 0 radical (unpaired) electrons. The van der Waals surface area contributed by atoms with Crippen LogP contribution in [0.25, 0.3) is 10.2 Å². The Balaban J connectivity index is 1.66. The fourth-order valence-electron chi connectivity index (χ4n) is 2.88. The molecule has 1 saturated heterocycles. The second-order valence-corrected chi connectivity index (χ2v) is 6.36. The van der Waals surface area contributed by atoms with Crippen molar-refractivity contribution in [3.8, 4) is 0 Å². The highest BCUT2D eigenvalue weighted by Gasteiger charge is 2.19. The Kier molecular flexibility index (Phi) is 4.14. The van der Waals surface area contributed by atoms with Crippen molar-refractivity contribution in [3.63, 3.8) is 0 Å². The van der Waals surface area contributed by atoms with E-state index in [1.165, 1.54) is 24.2 Å². The van der Waals surface area contributed by atoms with E-state index in [0.29, 0.717) is 0 Å². The molecule has 0 atom stereocenters. The molecule has 0 aromatic carbocycles. The topological polar surface area (TPSA) is 75.0 Å². The van der Waals surface area contributed by atoms with Crippen LogP contribution in [0, 0.1) is 5.92 Å². The van der Waals surface area contributed by atoms with Crippen LogP contribution in [0.4, 0.5) is 0 Å². The number of rotatable bonds is 4. The Hall–Kier alpha value is -1.24. The normalized spacial score (nSPS) is 17.9. The molecule has 108 valence electrons. The molecule has 1 fully saturated rings. The van der Waals surface area contributed by atoms with Crippen molar-refractivity contribution in [3.05, 3.63) is 27.6 Å². The first-order chi connectivity index (χ1) is 9.76. The predicted molar refractivity (Wildman–Crippen MR) is 81.9 cm³/mol. The Morgan fingerprint density at radius 3 is 3.00 bits per heavy atom. The lowest BCUT2D eigenvalue weighted by Gasteiger charge is -2.31. The molecule has 20 heavy (non-hydrogen) atoms. The van der Waals surface area contributed by atoms with Crippen molar-refractivity contribution in [2.45, 2.75) is 25.8 Å². The molecule has 0 saturated carbocycles. The molecular weight excluding hydrogens is 272 g/mol. The second-order valence-electron chi connectivity index (χ2n) is 5.44. The lowest BCUT2D eigenvalue weighted by molar-refractivity contribution is 0.170. The zero-order valence-electron chi connectivity index (χ0n) is 11.5. The first kappa shape index (κ1) is 13.7. The summed E-state index contributed by atoms with van der Waals surface area (Å²) in [6.45, 7) is 3.65. The van der Waals surface area contributed by atoms with Crippen LogP contribution in [0.1, 0.15) is 25.1 Å². The van der Waals surface area contributed by atoms with Crippen molar-refractivity contribution in [1.82, 2.24) is 14.9 Å². The van der Waals surface area contributed by atoms with E-state index >= 15 is 0 Å². The number of aromatic nitrogens is 2. The van der Waals surface area contributed by atoms with E-state index in [9.17, 15) is 4.79 Å². The van der Waals surface area contributed by atoms with Crippen molar-refractivity contribution < 1.29 is 0 Å². The number of hydrogen-bond acceptors (Lipinski definition) is 5. The number of thiophene rings is 1. The Bertz CT molecular complexity index is 627. The highest BCUT2D eigenvalue weighted by molar-refractivity contribution is 7.17. The summed E-state index contributed by atoms with van der Waals surface area (Å²) in [5.74, 6) is 1.54. The number of nitrogens with zero attached hydrogens (tertiary/aromatic N) is 2. The van der Waals surface area contributed by atoms with E-state index in [0.717, 1.165) is 54.6 Å². The fraction of sp³-hybridized carbons (Fsp3) is 0.571. The molecule has 5 nitrogen and oxygen atoms in total. The number of aromatic amines is 1. The van der Waals surface area contributed by atoms with Gasteiger partial charge in [0, 0.05) is 0 Å². The van der Waals surface area contributed by atoms with Gasteiger partial charge >= 0.3 is 0 Å². The summed E-state index contributed by atoms with van der Waals surface area (Å²) >= 11 is 1.44. The zero-order valence-corrected chi connectivity index (χ0v) is 12.3. The van der Waals surface area contributed by atoms with E-state index in [2.05, 4.69) is 14.9 Å². The molecule has 0 amide bonds. The molecule has 0 bridgehead atoms. The average Bonchev–Trinajstić information content (AvgIpc) is 2.90. The lowest BCUT2D eigenvalue weighted by Crippen LogP contribution is -2.34. The van der Waals surface area contributed by atoms with Crippen LogP contribution in [-0.2, 0) is 6.54 Å². The minimum atomic E-state index is -0.0157. The summed E-state index contributed by atoms with van der Waals surface area (Å²) in [5.41, 5.74) is 6.41. The van der Waals surface area contributed by atoms with E-state index in [-0.39, 0.29) is 5.56 Å². The highest BCUT2D eigenvalue weighted by atomic mass is 32.1. The van der Waals surface area contributed by atoms with Crippen molar-refractivity contribution in [2.75, 3.05) is 19.6 Å². The van der Waals surface area contributed by atoms with E-state index in [1.54, 1.807) is 0 Å². The SMILES string of the molecule is NCCC1CCN(Cc2nc3ccsc3c(=O)[nH]2)CC1. The molecule has 1 aliphatic heterocycles. The summed E-state index contributed by atoms with van der Waals surface area (Å²) in [4.78, 5) is 21.7. The third-order valence-electron chi connectivity index (χ3n) is 4.02. The maximum Gasteiger partial charge on any atom is 0.268 e. The van der Waals surface area contributed by atoms with Gasteiger partial charge in [0.05, 0.1) is 12.1 Å². The summed E-state index contributed by atoms with van der Waals surface area (Å²) in [6, 6.07) is 1.91. The number of piperidine rings is 1. The molecule has 0 unspecified atom stereocenters. The van der Waals surface area contributed by atoms with Gasteiger partial charge in [0.1, 0.15) is 10.5 Å². The maximum absolute atomic E-state index is 11.9. The van der Waals surface area contributed by atoms with Crippen LogP contribution in [-0.4, -0.2) is 34.5 Å². The number of hydrogen-bond donors (Lipinski definition) is 2. The molecule has 6 heteroatoms. The summed E-state index contributed by atoms with van der Waals surface area (Å²) < 4.78 is 0.718. The Morgan fingerprint density at radius 2 is 2.25 bits per heavy atom. The standard InChI is InChI=1S/C14H20N4OS/c15-5-1-10-2-6-18(7-3-10)9-12-16-11-4-8-20-13(11)14(19)17-12/h4,8,10H,1-3,5-7,9,15H2,(H,16,17,19). The minimum absolute atomic E-state index is 0.0157. The molecule has 2 aromatic heterocycles. The fourth-order valence-corrected chi connectivity index (χ4v) is 3.60. The van der Waals surface area contributed by atoms with E-state index in [1.807, 2.05) is 11.4 Å². The molecule has 0 spiro atoms. The predicted octanol–water partition coefficient (Wildman–Crippen LogP) is 1.55. The van der Waals surface area contributed by atoms with Crippen LogP contribution >= 0.6 is 11.3 Å². The van der Waals surface area contributed by atoms with Gasteiger partial charge in [0.2, 0.25) is 0 Å². The van der Waals surface area contributed by atoms with Gasteiger partial charge in [0.25, 0.3) is 5.56 Å². The largest absolute Gasteiger partial charge is 0.330 e. The minimum Gasteiger partial charge on any atom is -0.330 e. The third kappa shape index (κ3) is 2.92. The molecule has 3 heterocycles. The van der Waals surface area contributed by atoms with Gasteiger partial charge in [0.15, 0.2) is 0 Å². The zero-order chi connectivity index (χ0) is 13.9. The van der Waals surface area contributed by atoms with E-state index in [4.69, 9.17) is 5.73 Å². The van der Waals surface area contributed by atoms with Gasteiger partial charge in [-0.1, -0.05) is 0 Å². The van der Waals surface area contributed by atoms with Crippen LogP contribution in [0.2, 0.25) is 0 Å². The number of H-pyrrole nitrogens is 1. The quantitative estimate of drug-likeness (QED) is 0.896. The molecule has 3 rings (SSSR count). The first-order valence-electron chi connectivity index (χ1n) is 7.15. The van der Waals surface area contributed by atoms with Crippen molar-refractivity contribution >= 4 is 21.6 Å². The lowest BCUT2D eigenvalue weighted by atomic mass is 9.94. The number of nitrogens with one attached hydrogen (secondary N) is 1. The average molecular weight is 292 g/mol.